The predicted molar refractivity (Wildman–Crippen MR) is 103 cm³/mol. The van der Waals surface area contributed by atoms with Crippen LogP contribution in [0.5, 0.6) is 5.75 Å². The average molecular weight is 390 g/mol. The Hall–Kier alpha value is -2.58. The van der Waals surface area contributed by atoms with Gasteiger partial charge in [0, 0.05) is 25.0 Å². The quantitative estimate of drug-likeness (QED) is 0.818. The topological polar surface area (TPSA) is 84.9 Å². The SMILES string of the molecule is COCC(=O)N1CCc2cc(NS(=O)(=O)c3ccc(OC)c(C)c3)ccc21. The van der Waals surface area contributed by atoms with Crippen LogP contribution in [0.25, 0.3) is 0 Å². The molecular weight excluding hydrogens is 368 g/mol. The van der Waals surface area contributed by atoms with Crippen molar-refractivity contribution in [3.05, 3.63) is 47.5 Å². The van der Waals surface area contributed by atoms with Crippen LogP contribution in [0.3, 0.4) is 0 Å². The summed E-state index contributed by atoms with van der Waals surface area (Å²) >= 11 is 0. The van der Waals surface area contributed by atoms with Gasteiger partial charge in [-0.3, -0.25) is 9.52 Å². The monoisotopic (exact) mass is 390 g/mol. The molecule has 0 saturated heterocycles. The second-order valence-electron chi connectivity index (χ2n) is 6.31. The highest BCUT2D eigenvalue weighted by molar-refractivity contribution is 7.92. The number of benzene rings is 2. The molecule has 144 valence electrons. The normalized spacial score (nSPS) is 13.4. The first kappa shape index (κ1) is 19.2. The number of sulfonamides is 1. The van der Waals surface area contributed by atoms with Crippen LogP contribution in [0.4, 0.5) is 11.4 Å². The fourth-order valence-corrected chi connectivity index (χ4v) is 4.29. The second kappa shape index (κ2) is 7.58. The van der Waals surface area contributed by atoms with Crippen LogP contribution in [0.2, 0.25) is 0 Å². The molecule has 3 rings (SSSR count). The molecule has 0 fully saturated rings. The predicted octanol–water partition coefficient (Wildman–Crippen LogP) is 2.34. The van der Waals surface area contributed by atoms with Gasteiger partial charge in [0.05, 0.1) is 12.0 Å². The molecule has 1 N–H and O–H groups in total. The Balaban J connectivity index is 1.82. The van der Waals surface area contributed by atoms with Gasteiger partial charge in [0.25, 0.3) is 15.9 Å². The lowest BCUT2D eigenvalue weighted by molar-refractivity contribution is -0.122. The summed E-state index contributed by atoms with van der Waals surface area (Å²) in [5, 5.41) is 0. The number of hydrogen-bond acceptors (Lipinski definition) is 5. The van der Waals surface area contributed by atoms with E-state index in [1.54, 1.807) is 49.3 Å². The summed E-state index contributed by atoms with van der Waals surface area (Å²) in [4.78, 5) is 13.9. The summed E-state index contributed by atoms with van der Waals surface area (Å²) in [6.07, 6.45) is 0.669. The number of methoxy groups -OCH3 is 2. The lowest BCUT2D eigenvalue weighted by Gasteiger charge is -2.17. The van der Waals surface area contributed by atoms with Crippen molar-refractivity contribution in [2.45, 2.75) is 18.2 Å². The Labute approximate surface area is 158 Å². The fourth-order valence-electron chi connectivity index (χ4n) is 3.16. The van der Waals surface area contributed by atoms with Gasteiger partial charge in [0.1, 0.15) is 12.4 Å². The third kappa shape index (κ3) is 3.91. The number of anilines is 2. The largest absolute Gasteiger partial charge is 0.496 e. The Bertz CT molecular complexity index is 972. The number of carbonyl (C=O) groups is 1. The second-order valence-corrected chi connectivity index (χ2v) is 7.99. The van der Waals surface area contributed by atoms with E-state index in [4.69, 9.17) is 9.47 Å². The van der Waals surface area contributed by atoms with Gasteiger partial charge in [0.15, 0.2) is 0 Å². The summed E-state index contributed by atoms with van der Waals surface area (Å²) in [6, 6.07) is 9.89. The zero-order valence-corrected chi connectivity index (χ0v) is 16.3. The van der Waals surface area contributed by atoms with Crippen molar-refractivity contribution in [1.82, 2.24) is 0 Å². The number of carbonyl (C=O) groups excluding carboxylic acids is 1. The number of hydrogen-bond donors (Lipinski definition) is 1. The molecule has 1 heterocycles. The third-order valence-corrected chi connectivity index (χ3v) is 5.85. The van der Waals surface area contributed by atoms with Crippen molar-refractivity contribution in [1.29, 1.82) is 0 Å². The van der Waals surface area contributed by atoms with Gasteiger partial charge < -0.3 is 14.4 Å². The van der Waals surface area contributed by atoms with E-state index in [0.29, 0.717) is 24.4 Å². The standard InChI is InChI=1S/C19H22N2O5S/c1-13-10-16(5-7-18(13)26-3)27(23,24)20-15-4-6-17-14(11-15)8-9-21(17)19(22)12-25-2/h4-7,10-11,20H,8-9,12H2,1-3H3. The Kier molecular flexibility index (Phi) is 5.38. The molecule has 0 aliphatic carbocycles. The third-order valence-electron chi connectivity index (χ3n) is 4.47. The van der Waals surface area contributed by atoms with E-state index in [1.165, 1.54) is 13.2 Å². The maximum Gasteiger partial charge on any atom is 0.261 e. The van der Waals surface area contributed by atoms with Crippen LogP contribution in [-0.4, -0.2) is 41.7 Å². The van der Waals surface area contributed by atoms with Crippen molar-refractivity contribution >= 4 is 27.3 Å². The molecule has 1 aliphatic heterocycles. The smallest absolute Gasteiger partial charge is 0.261 e. The zero-order chi connectivity index (χ0) is 19.6. The van der Waals surface area contributed by atoms with Crippen molar-refractivity contribution in [3.63, 3.8) is 0 Å². The molecule has 1 aliphatic rings. The maximum atomic E-state index is 12.7. The molecule has 8 heteroatoms. The Morgan fingerprint density at radius 2 is 1.96 bits per heavy atom. The van der Waals surface area contributed by atoms with Crippen LogP contribution in [0.1, 0.15) is 11.1 Å². The van der Waals surface area contributed by atoms with E-state index >= 15 is 0 Å². The first-order chi connectivity index (χ1) is 12.9. The summed E-state index contributed by atoms with van der Waals surface area (Å²) in [7, 11) is -0.701. The first-order valence-corrected chi connectivity index (χ1v) is 9.93. The van der Waals surface area contributed by atoms with Crippen LogP contribution >= 0.6 is 0 Å². The molecule has 0 spiro atoms. The molecule has 1 amide bonds. The molecule has 0 aromatic heterocycles. The van der Waals surface area contributed by atoms with Crippen LogP contribution in [0, 0.1) is 6.92 Å². The highest BCUT2D eigenvalue weighted by Crippen LogP contribution is 2.31. The van der Waals surface area contributed by atoms with Gasteiger partial charge in [-0.15, -0.1) is 0 Å². The summed E-state index contributed by atoms with van der Waals surface area (Å²) in [5.74, 6) is 0.519. The first-order valence-electron chi connectivity index (χ1n) is 8.45. The zero-order valence-electron chi connectivity index (χ0n) is 15.5. The molecule has 0 bridgehead atoms. The number of aryl methyl sites for hydroxylation is 1. The minimum Gasteiger partial charge on any atom is -0.496 e. The molecule has 27 heavy (non-hydrogen) atoms. The van der Waals surface area contributed by atoms with Gasteiger partial charge in [0.2, 0.25) is 0 Å². The van der Waals surface area contributed by atoms with Crippen molar-refractivity contribution < 1.29 is 22.7 Å². The van der Waals surface area contributed by atoms with Crippen LogP contribution in [-0.2, 0) is 26.0 Å². The lowest BCUT2D eigenvalue weighted by atomic mass is 10.1. The van der Waals surface area contributed by atoms with Crippen molar-refractivity contribution in [2.24, 2.45) is 0 Å². The van der Waals surface area contributed by atoms with E-state index in [1.807, 2.05) is 0 Å². The summed E-state index contributed by atoms with van der Waals surface area (Å²) in [5.41, 5.74) is 2.91. The molecule has 0 unspecified atom stereocenters. The molecule has 0 saturated carbocycles. The van der Waals surface area contributed by atoms with Crippen molar-refractivity contribution in [2.75, 3.05) is 37.0 Å². The van der Waals surface area contributed by atoms with Gasteiger partial charge in [-0.05, 0) is 60.9 Å². The molecule has 7 nitrogen and oxygen atoms in total. The van der Waals surface area contributed by atoms with Crippen LogP contribution < -0.4 is 14.4 Å². The van der Waals surface area contributed by atoms with Gasteiger partial charge in [-0.2, -0.15) is 0 Å². The molecule has 2 aromatic carbocycles. The number of amides is 1. The van der Waals surface area contributed by atoms with Gasteiger partial charge in [-0.25, -0.2) is 8.42 Å². The summed E-state index contributed by atoms with van der Waals surface area (Å²) in [6.45, 7) is 2.37. The number of ether oxygens (including phenoxy) is 2. The minimum atomic E-state index is -3.72. The number of nitrogens with zero attached hydrogens (tertiary/aromatic N) is 1. The van der Waals surface area contributed by atoms with Gasteiger partial charge in [-0.1, -0.05) is 0 Å². The van der Waals surface area contributed by atoms with E-state index in [0.717, 1.165) is 16.8 Å². The Morgan fingerprint density at radius 3 is 2.63 bits per heavy atom. The van der Waals surface area contributed by atoms with E-state index in [2.05, 4.69) is 4.72 Å². The van der Waals surface area contributed by atoms with E-state index in [9.17, 15) is 13.2 Å². The lowest BCUT2D eigenvalue weighted by Crippen LogP contribution is -2.31. The fraction of sp³-hybridized carbons (Fsp3) is 0.316. The highest BCUT2D eigenvalue weighted by Gasteiger charge is 2.25. The molecule has 0 atom stereocenters. The highest BCUT2D eigenvalue weighted by atomic mass is 32.2. The van der Waals surface area contributed by atoms with Crippen LogP contribution in [0.15, 0.2) is 41.3 Å². The number of fused-ring (bicyclic) bond motifs is 1. The summed E-state index contributed by atoms with van der Waals surface area (Å²) < 4.78 is 38.0. The van der Waals surface area contributed by atoms with Crippen molar-refractivity contribution in [3.8, 4) is 5.75 Å². The van der Waals surface area contributed by atoms with E-state index in [-0.39, 0.29) is 17.4 Å². The number of nitrogens with one attached hydrogen (secondary N) is 1. The Morgan fingerprint density at radius 1 is 1.19 bits per heavy atom. The number of rotatable bonds is 6. The molecule has 2 aromatic rings. The molecule has 0 radical (unpaired) electrons. The molecular formula is C19H22N2O5S. The maximum absolute atomic E-state index is 12.7. The van der Waals surface area contributed by atoms with E-state index < -0.39 is 10.0 Å². The minimum absolute atomic E-state index is 0.0185. The van der Waals surface area contributed by atoms with Gasteiger partial charge >= 0.3 is 0 Å². The average Bonchev–Trinajstić information content (AvgIpc) is 3.04.